The fourth-order valence-corrected chi connectivity index (χ4v) is 3.43. The largest absolute Gasteiger partial charge is 0.481 e. The van der Waals surface area contributed by atoms with Crippen LogP contribution in [0.15, 0.2) is 24.3 Å². The Morgan fingerprint density at radius 1 is 1.25 bits per heavy atom. The van der Waals surface area contributed by atoms with Crippen LogP contribution in [0.2, 0.25) is 0 Å². The lowest BCUT2D eigenvalue weighted by Gasteiger charge is -2.20. The van der Waals surface area contributed by atoms with Crippen molar-refractivity contribution in [2.75, 3.05) is 7.11 Å². The highest BCUT2D eigenvalue weighted by atomic mass is 16.5. The van der Waals surface area contributed by atoms with E-state index in [0.717, 1.165) is 24.0 Å². The van der Waals surface area contributed by atoms with Gasteiger partial charge in [0.25, 0.3) is 0 Å². The Hall–Kier alpha value is -1.81. The maximum Gasteiger partial charge on any atom is 0.216 e. The number of ether oxygens (including phenoxy) is 1. The maximum atomic E-state index is 5.60. The van der Waals surface area contributed by atoms with Gasteiger partial charge >= 0.3 is 0 Å². The minimum Gasteiger partial charge on any atom is -0.481 e. The molecule has 0 bridgehead atoms. The molecule has 0 saturated heterocycles. The van der Waals surface area contributed by atoms with E-state index < -0.39 is 0 Å². The van der Waals surface area contributed by atoms with Gasteiger partial charge in [-0.2, -0.15) is 5.10 Å². The summed E-state index contributed by atoms with van der Waals surface area (Å²) in [6, 6.07) is 9.34. The Kier molecular flexibility index (Phi) is 4.95. The monoisotopic (exact) mass is 327 g/mol. The molecule has 0 amide bonds. The average Bonchev–Trinajstić information content (AvgIpc) is 3.33. The molecule has 0 spiro atoms. The van der Waals surface area contributed by atoms with Gasteiger partial charge < -0.3 is 10.1 Å². The number of nitrogens with one attached hydrogen (secondary N) is 1. The SMILES string of the molecule is COc1c(CN[C@H](c2ccc(C)cc2)C2CC2)c(C(C)C)nn1C. The number of hydrogen-bond donors (Lipinski definition) is 1. The zero-order chi connectivity index (χ0) is 17.3. The topological polar surface area (TPSA) is 39.1 Å². The first-order valence-corrected chi connectivity index (χ1v) is 8.91. The molecule has 1 aliphatic rings. The van der Waals surface area contributed by atoms with Crippen LogP contribution in [0.1, 0.15) is 61.0 Å². The molecule has 1 aliphatic carbocycles. The third-order valence-electron chi connectivity index (χ3n) is 4.89. The molecule has 4 heteroatoms. The number of rotatable bonds is 7. The van der Waals surface area contributed by atoms with Gasteiger partial charge in [-0.15, -0.1) is 0 Å². The second-order valence-electron chi connectivity index (χ2n) is 7.26. The van der Waals surface area contributed by atoms with E-state index in [1.807, 2.05) is 11.7 Å². The molecule has 0 unspecified atom stereocenters. The highest BCUT2D eigenvalue weighted by Crippen LogP contribution is 2.41. The molecule has 0 aliphatic heterocycles. The minimum absolute atomic E-state index is 0.385. The second kappa shape index (κ2) is 6.98. The molecule has 1 heterocycles. The van der Waals surface area contributed by atoms with Crippen LogP contribution in [0, 0.1) is 12.8 Å². The predicted molar refractivity (Wildman–Crippen MR) is 97.3 cm³/mol. The highest BCUT2D eigenvalue weighted by molar-refractivity contribution is 5.34. The number of aromatic nitrogens is 2. The lowest BCUT2D eigenvalue weighted by Crippen LogP contribution is -2.23. The summed E-state index contributed by atoms with van der Waals surface area (Å²) in [6.07, 6.45) is 2.62. The van der Waals surface area contributed by atoms with Gasteiger partial charge in [-0.05, 0) is 37.2 Å². The van der Waals surface area contributed by atoms with Crippen LogP contribution in [0.4, 0.5) is 0 Å². The van der Waals surface area contributed by atoms with Crippen molar-refractivity contribution in [3.8, 4) is 5.88 Å². The first-order valence-electron chi connectivity index (χ1n) is 8.91. The van der Waals surface area contributed by atoms with Crippen molar-refractivity contribution in [2.45, 2.75) is 52.1 Å². The third-order valence-corrected chi connectivity index (χ3v) is 4.89. The minimum atomic E-state index is 0.385. The van der Waals surface area contributed by atoms with Crippen LogP contribution in [0.5, 0.6) is 5.88 Å². The van der Waals surface area contributed by atoms with Crippen molar-refractivity contribution in [3.05, 3.63) is 46.6 Å². The highest BCUT2D eigenvalue weighted by Gasteiger charge is 2.32. The van der Waals surface area contributed by atoms with Crippen molar-refractivity contribution < 1.29 is 4.74 Å². The predicted octanol–water partition coefficient (Wildman–Crippen LogP) is 4.10. The molecule has 1 aromatic heterocycles. The third kappa shape index (κ3) is 3.48. The molecule has 0 radical (unpaired) electrons. The van der Waals surface area contributed by atoms with Gasteiger partial charge in [0.05, 0.1) is 18.4 Å². The Balaban J connectivity index is 1.81. The smallest absolute Gasteiger partial charge is 0.216 e. The van der Waals surface area contributed by atoms with E-state index in [-0.39, 0.29) is 0 Å². The summed E-state index contributed by atoms with van der Waals surface area (Å²) < 4.78 is 7.45. The molecular formula is C20H29N3O. The van der Waals surface area contributed by atoms with Gasteiger partial charge in [-0.1, -0.05) is 43.7 Å². The molecular weight excluding hydrogens is 298 g/mol. The van der Waals surface area contributed by atoms with E-state index in [0.29, 0.717) is 12.0 Å². The van der Waals surface area contributed by atoms with Crippen LogP contribution in [0.3, 0.4) is 0 Å². The van der Waals surface area contributed by atoms with E-state index in [1.165, 1.54) is 29.5 Å². The summed E-state index contributed by atoms with van der Waals surface area (Å²) in [4.78, 5) is 0. The summed E-state index contributed by atoms with van der Waals surface area (Å²) in [5.41, 5.74) is 5.01. The van der Waals surface area contributed by atoms with Crippen LogP contribution in [-0.4, -0.2) is 16.9 Å². The van der Waals surface area contributed by atoms with Crippen LogP contribution in [-0.2, 0) is 13.6 Å². The number of benzene rings is 1. The van der Waals surface area contributed by atoms with E-state index in [9.17, 15) is 0 Å². The second-order valence-corrected chi connectivity index (χ2v) is 7.26. The first-order chi connectivity index (χ1) is 11.5. The Bertz CT molecular complexity index is 684. The normalized spacial score (nSPS) is 15.8. The van der Waals surface area contributed by atoms with Crippen LogP contribution < -0.4 is 10.1 Å². The van der Waals surface area contributed by atoms with E-state index >= 15 is 0 Å². The fraction of sp³-hybridized carbons (Fsp3) is 0.550. The van der Waals surface area contributed by atoms with Crippen molar-refractivity contribution in [3.63, 3.8) is 0 Å². The summed E-state index contributed by atoms with van der Waals surface area (Å²) >= 11 is 0. The lowest BCUT2D eigenvalue weighted by molar-refractivity contribution is 0.365. The zero-order valence-corrected chi connectivity index (χ0v) is 15.5. The van der Waals surface area contributed by atoms with E-state index in [4.69, 9.17) is 4.74 Å². The average molecular weight is 327 g/mol. The standard InChI is InChI=1S/C20H29N3O/c1-13(2)18-17(20(24-5)23(4)22-18)12-21-19(16-10-11-16)15-8-6-14(3)7-9-15/h6-9,13,16,19,21H,10-12H2,1-5H3/t19-/m1/s1. The lowest BCUT2D eigenvalue weighted by atomic mass is 10.00. The Morgan fingerprint density at radius 3 is 2.46 bits per heavy atom. The molecule has 4 nitrogen and oxygen atoms in total. The van der Waals surface area contributed by atoms with Crippen molar-refractivity contribution in [1.82, 2.24) is 15.1 Å². The van der Waals surface area contributed by atoms with Crippen LogP contribution in [0.25, 0.3) is 0 Å². The molecule has 24 heavy (non-hydrogen) atoms. The molecule has 1 atom stereocenters. The fourth-order valence-electron chi connectivity index (χ4n) is 3.43. The van der Waals surface area contributed by atoms with E-state index in [2.05, 4.69) is 55.5 Å². The number of methoxy groups -OCH3 is 1. The summed E-state index contributed by atoms with van der Waals surface area (Å²) in [7, 11) is 3.68. The summed E-state index contributed by atoms with van der Waals surface area (Å²) in [5, 5.41) is 8.44. The van der Waals surface area contributed by atoms with Gasteiger partial charge in [-0.25, -0.2) is 4.68 Å². The molecule has 130 valence electrons. The van der Waals surface area contributed by atoms with Crippen molar-refractivity contribution >= 4 is 0 Å². The van der Waals surface area contributed by atoms with Crippen molar-refractivity contribution in [1.29, 1.82) is 0 Å². The van der Waals surface area contributed by atoms with E-state index in [1.54, 1.807) is 7.11 Å². The maximum absolute atomic E-state index is 5.60. The summed E-state index contributed by atoms with van der Waals surface area (Å²) in [6.45, 7) is 7.30. The van der Waals surface area contributed by atoms with Crippen molar-refractivity contribution in [2.24, 2.45) is 13.0 Å². The van der Waals surface area contributed by atoms with Gasteiger partial charge in [0.1, 0.15) is 0 Å². The molecule has 1 N–H and O–H groups in total. The Labute approximate surface area is 145 Å². The zero-order valence-electron chi connectivity index (χ0n) is 15.5. The number of hydrogen-bond acceptors (Lipinski definition) is 3. The molecule has 1 fully saturated rings. The van der Waals surface area contributed by atoms with Gasteiger partial charge in [0.2, 0.25) is 5.88 Å². The molecule has 1 saturated carbocycles. The molecule has 3 rings (SSSR count). The summed E-state index contributed by atoms with van der Waals surface area (Å²) in [5.74, 6) is 2.00. The number of aryl methyl sites for hydroxylation is 2. The Morgan fingerprint density at radius 2 is 1.92 bits per heavy atom. The first kappa shape index (κ1) is 17.0. The van der Waals surface area contributed by atoms with Crippen LogP contribution >= 0.6 is 0 Å². The van der Waals surface area contributed by atoms with Gasteiger partial charge in [0, 0.05) is 19.6 Å². The van der Waals surface area contributed by atoms with Gasteiger partial charge in [-0.3, -0.25) is 0 Å². The number of nitrogens with zero attached hydrogens (tertiary/aromatic N) is 2. The molecule has 1 aromatic carbocycles. The quantitative estimate of drug-likeness (QED) is 0.832. The van der Waals surface area contributed by atoms with Gasteiger partial charge in [0.15, 0.2) is 0 Å². The molecule has 2 aromatic rings.